The fourth-order valence-corrected chi connectivity index (χ4v) is 3.82. The number of carboxylic acids is 1. The van der Waals surface area contributed by atoms with Crippen LogP contribution in [0.5, 0.6) is 0 Å². The normalized spacial score (nSPS) is 13.0. The van der Waals surface area contributed by atoms with E-state index in [1.165, 1.54) is 43.3 Å². The van der Waals surface area contributed by atoms with Crippen LogP contribution in [0.1, 0.15) is 36.6 Å². The molecule has 0 unspecified atom stereocenters. The lowest BCUT2D eigenvalue weighted by Crippen LogP contribution is -2.31. The zero-order valence-electron chi connectivity index (χ0n) is 16.6. The number of nitrogens with zero attached hydrogens (tertiary/aromatic N) is 2. The van der Waals surface area contributed by atoms with Crippen molar-refractivity contribution >= 4 is 34.4 Å². The minimum Gasteiger partial charge on any atom is -0.545 e. The predicted molar refractivity (Wildman–Crippen MR) is 112 cm³/mol. The third kappa shape index (κ3) is 2.81. The summed E-state index contributed by atoms with van der Waals surface area (Å²) < 4.78 is 5.32. The molecule has 8 heteroatoms. The van der Waals surface area contributed by atoms with Crippen molar-refractivity contribution in [2.24, 2.45) is 0 Å². The maximum atomic E-state index is 13.1. The average Bonchev–Trinajstić information content (AvgIpc) is 3.03. The number of fused-ring (bicyclic) bond motifs is 2. The monoisotopic (exact) mass is 425 g/mol. The van der Waals surface area contributed by atoms with E-state index >= 15 is 0 Å². The summed E-state index contributed by atoms with van der Waals surface area (Å²) in [4.78, 5) is 55.0. The van der Waals surface area contributed by atoms with E-state index in [1.54, 1.807) is 24.3 Å². The lowest BCUT2D eigenvalue weighted by Gasteiger charge is -2.19. The standard InChI is InChI=1S/C24H14N2O6/c1-12-14(23(29)30)6-4-8-19(12)26-21(27)15-10-9-13(11-17(15)22(26)28)20-25-18-7-3-2-5-16(18)24(31)32-20/h2-11H,1H3,(H,29,30)/p-1. The van der Waals surface area contributed by atoms with Gasteiger partial charge in [0.2, 0.25) is 5.89 Å². The first-order valence-electron chi connectivity index (χ1n) is 9.61. The fourth-order valence-electron chi connectivity index (χ4n) is 3.82. The van der Waals surface area contributed by atoms with Crippen LogP contribution < -0.4 is 15.6 Å². The number of anilines is 1. The number of para-hydroxylation sites is 1. The summed E-state index contributed by atoms with van der Waals surface area (Å²) >= 11 is 0. The number of amides is 2. The molecule has 4 aromatic rings. The molecular formula is C24H13N2O6-. The fraction of sp³-hybridized carbons (Fsp3) is 0.0417. The zero-order chi connectivity index (χ0) is 22.6. The van der Waals surface area contributed by atoms with E-state index in [-0.39, 0.29) is 33.8 Å². The van der Waals surface area contributed by atoms with Crippen LogP contribution in [-0.4, -0.2) is 22.8 Å². The third-order valence-corrected chi connectivity index (χ3v) is 5.43. The average molecular weight is 425 g/mol. The number of aromatic nitrogens is 1. The van der Waals surface area contributed by atoms with Gasteiger partial charge in [0.1, 0.15) is 0 Å². The van der Waals surface area contributed by atoms with Crippen LogP contribution in [0.2, 0.25) is 0 Å². The van der Waals surface area contributed by atoms with Crippen molar-refractivity contribution in [3.05, 3.63) is 93.3 Å². The quantitative estimate of drug-likeness (QED) is 0.462. The highest BCUT2D eigenvalue weighted by Gasteiger charge is 2.38. The first-order chi connectivity index (χ1) is 15.4. The molecule has 0 saturated heterocycles. The van der Waals surface area contributed by atoms with Crippen molar-refractivity contribution in [2.75, 3.05) is 4.90 Å². The molecular weight excluding hydrogens is 412 g/mol. The van der Waals surface area contributed by atoms with Crippen molar-refractivity contribution < 1.29 is 23.9 Å². The predicted octanol–water partition coefficient (Wildman–Crippen LogP) is 2.33. The number of rotatable bonds is 3. The van der Waals surface area contributed by atoms with E-state index in [4.69, 9.17) is 4.42 Å². The van der Waals surface area contributed by atoms with Gasteiger partial charge in [-0.15, -0.1) is 0 Å². The molecule has 32 heavy (non-hydrogen) atoms. The van der Waals surface area contributed by atoms with Gasteiger partial charge in [0.25, 0.3) is 11.8 Å². The van der Waals surface area contributed by atoms with Gasteiger partial charge < -0.3 is 14.3 Å². The van der Waals surface area contributed by atoms with Gasteiger partial charge in [-0.05, 0) is 48.9 Å². The summed E-state index contributed by atoms with van der Waals surface area (Å²) in [5.74, 6) is -2.58. The molecule has 0 atom stereocenters. The molecule has 0 saturated carbocycles. The van der Waals surface area contributed by atoms with E-state index in [0.29, 0.717) is 16.5 Å². The molecule has 0 bridgehead atoms. The molecule has 1 aliphatic heterocycles. The molecule has 0 radical (unpaired) electrons. The highest BCUT2D eigenvalue weighted by atomic mass is 16.4. The van der Waals surface area contributed by atoms with Gasteiger partial charge in [0.15, 0.2) is 0 Å². The largest absolute Gasteiger partial charge is 0.545 e. The first kappa shape index (κ1) is 19.4. The Labute approximate surface area is 180 Å². The van der Waals surface area contributed by atoms with Gasteiger partial charge in [-0.1, -0.05) is 24.3 Å². The smallest absolute Gasteiger partial charge is 0.347 e. The molecule has 0 spiro atoms. The second-order valence-electron chi connectivity index (χ2n) is 7.27. The van der Waals surface area contributed by atoms with Gasteiger partial charge in [0, 0.05) is 11.1 Å². The van der Waals surface area contributed by atoms with Crippen LogP contribution in [0.15, 0.2) is 69.9 Å². The van der Waals surface area contributed by atoms with Gasteiger partial charge in [-0.2, -0.15) is 0 Å². The van der Waals surface area contributed by atoms with Crippen LogP contribution in [-0.2, 0) is 0 Å². The Bertz CT molecular complexity index is 1540. The summed E-state index contributed by atoms with van der Waals surface area (Å²) in [6.07, 6.45) is 0. The summed E-state index contributed by atoms with van der Waals surface area (Å²) in [6, 6.07) is 15.4. The van der Waals surface area contributed by atoms with Crippen molar-refractivity contribution in [3.63, 3.8) is 0 Å². The molecule has 5 rings (SSSR count). The first-order valence-corrected chi connectivity index (χ1v) is 9.61. The molecule has 0 aliphatic carbocycles. The molecule has 156 valence electrons. The van der Waals surface area contributed by atoms with Gasteiger partial charge >= 0.3 is 5.63 Å². The van der Waals surface area contributed by atoms with E-state index < -0.39 is 23.4 Å². The number of hydrogen-bond donors (Lipinski definition) is 0. The molecule has 3 aromatic carbocycles. The van der Waals surface area contributed by atoms with Crippen molar-refractivity contribution in [2.45, 2.75) is 6.92 Å². The van der Waals surface area contributed by atoms with Crippen molar-refractivity contribution in [1.29, 1.82) is 0 Å². The second kappa shape index (κ2) is 6.98. The minimum absolute atomic E-state index is 0.0188. The Hall–Kier alpha value is -4.59. The number of carbonyl (C=O) groups is 3. The van der Waals surface area contributed by atoms with Crippen molar-refractivity contribution in [1.82, 2.24) is 4.98 Å². The van der Waals surface area contributed by atoms with E-state index in [2.05, 4.69) is 4.98 Å². The number of hydrogen-bond acceptors (Lipinski definition) is 7. The van der Waals surface area contributed by atoms with Crippen LogP contribution in [0, 0.1) is 6.92 Å². The number of benzene rings is 3. The molecule has 1 aliphatic rings. The second-order valence-corrected chi connectivity index (χ2v) is 7.27. The zero-order valence-corrected chi connectivity index (χ0v) is 16.6. The summed E-state index contributed by atoms with van der Waals surface area (Å²) in [5.41, 5.74) is 0.780. The Morgan fingerprint density at radius 3 is 2.47 bits per heavy atom. The van der Waals surface area contributed by atoms with Gasteiger partial charge in [-0.3, -0.25) is 9.59 Å². The molecule has 1 aromatic heterocycles. The van der Waals surface area contributed by atoms with Crippen LogP contribution in [0.3, 0.4) is 0 Å². The molecule has 2 amide bonds. The molecule has 0 N–H and O–H groups in total. The van der Waals surface area contributed by atoms with E-state index in [9.17, 15) is 24.3 Å². The topological polar surface area (TPSA) is 121 Å². The number of aromatic carboxylic acids is 1. The molecule has 0 fully saturated rings. The molecule has 8 nitrogen and oxygen atoms in total. The minimum atomic E-state index is -1.40. The van der Waals surface area contributed by atoms with Gasteiger partial charge in [0.05, 0.1) is 33.7 Å². The Morgan fingerprint density at radius 1 is 0.938 bits per heavy atom. The lowest BCUT2D eigenvalue weighted by atomic mass is 10.1. The summed E-state index contributed by atoms with van der Waals surface area (Å²) in [7, 11) is 0. The highest BCUT2D eigenvalue weighted by molar-refractivity contribution is 6.35. The van der Waals surface area contributed by atoms with Gasteiger partial charge in [-0.25, -0.2) is 14.7 Å². The summed E-state index contributed by atoms with van der Waals surface area (Å²) in [6.45, 7) is 1.50. The summed E-state index contributed by atoms with van der Waals surface area (Å²) in [5, 5.41) is 11.7. The maximum Gasteiger partial charge on any atom is 0.347 e. The molecule has 2 heterocycles. The third-order valence-electron chi connectivity index (χ3n) is 5.43. The Balaban J connectivity index is 1.61. The number of carbonyl (C=O) groups excluding carboxylic acids is 3. The van der Waals surface area contributed by atoms with Crippen LogP contribution in [0.4, 0.5) is 5.69 Å². The maximum absolute atomic E-state index is 13.1. The highest BCUT2D eigenvalue weighted by Crippen LogP contribution is 2.33. The number of carboxylic acid groups (broad SMARTS) is 1. The number of imide groups is 1. The van der Waals surface area contributed by atoms with Crippen LogP contribution in [0.25, 0.3) is 22.4 Å². The van der Waals surface area contributed by atoms with E-state index in [0.717, 1.165) is 4.90 Å². The van der Waals surface area contributed by atoms with E-state index in [1.807, 2.05) is 0 Å². The Kier molecular flexibility index (Phi) is 4.23. The van der Waals surface area contributed by atoms with Crippen molar-refractivity contribution in [3.8, 4) is 11.5 Å². The van der Waals surface area contributed by atoms with Crippen LogP contribution >= 0.6 is 0 Å². The Morgan fingerprint density at radius 2 is 1.69 bits per heavy atom. The lowest BCUT2D eigenvalue weighted by molar-refractivity contribution is -0.255. The SMILES string of the molecule is Cc1c(C(=O)[O-])cccc1N1C(=O)c2ccc(-c3nc4ccccc4c(=O)o3)cc2C1=O.